The van der Waals surface area contributed by atoms with Crippen molar-refractivity contribution in [1.29, 1.82) is 0 Å². The molecule has 2 fully saturated rings. The molecule has 5 heteroatoms. The van der Waals surface area contributed by atoms with Gasteiger partial charge in [0.2, 0.25) is 0 Å². The Labute approximate surface area is 127 Å². The van der Waals surface area contributed by atoms with E-state index in [0.29, 0.717) is 11.8 Å². The number of nitrogens with two attached hydrogens (primary N) is 1. The topological polar surface area (TPSA) is 56.5 Å². The lowest BCUT2D eigenvalue weighted by atomic mass is 9.78. The molecule has 0 aromatic carbocycles. The molecule has 0 radical (unpaired) electrons. The number of thioether (sulfide) groups is 1. The fraction of sp³-hybridized carbons (Fsp3) is 1.00. The lowest BCUT2D eigenvalue weighted by Gasteiger charge is -2.43. The zero-order valence-corrected chi connectivity index (χ0v) is 13.9. The van der Waals surface area contributed by atoms with Crippen molar-refractivity contribution in [2.75, 3.05) is 24.7 Å². The zero-order chi connectivity index (χ0) is 14.6. The van der Waals surface area contributed by atoms with Crippen LogP contribution in [0, 0.1) is 11.8 Å². The quantitative estimate of drug-likeness (QED) is 0.582. The fourth-order valence-corrected chi connectivity index (χ4v) is 5.02. The fourth-order valence-electron chi connectivity index (χ4n) is 3.64. The molecule has 2 heterocycles. The second-order valence-electron chi connectivity index (χ2n) is 6.44. The van der Waals surface area contributed by atoms with Crippen LogP contribution in [-0.2, 0) is 9.47 Å². The third-order valence-corrected chi connectivity index (χ3v) is 5.89. The largest absolute Gasteiger partial charge is 0.377 e. The van der Waals surface area contributed by atoms with Crippen LogP contribution < -0.4 is 11.3 Å². The van der Waals surface area contributed by atoms with Gasteiger partial charge in [-0.1, -0.05) is 13.8 Å². The lowest BCUT2D eigenvalue weighted by molar-refractivity contribution is -0.102. The highest BCUT2D eigenvalue weighted by Gasteiger charge is 2.44. The van der Waals surface area contributed by atoms with Gasteiger partial charge in [0, 0.05) is 19.0 Å². The van der Waals surface area contributed by atoms with Gasteiger partial charge < -0.3 is 9.47 Å². The molecule has 2 aliphatic rings. The maximum absolute atomic E-state index is 6.12. The number of hydrogen-bond acceptors (Lipinski definition) is 5. The molecule has 4 atom stereocenters. The van der Waals surface area contributed by atoms with E-state index in [-0.39, 0.29) is 17.7 Å². The van der Waals surface area contributed by atoms with Crippen LogP contribution in [0.3, 0.4) is 0 Å². The minimum Gasteiger partial charge on any atom is -0.377 e. The van der Waals surface area contributed by atoms with Crippen molar-refractivity contribution in [3.05, 3.63) is 0 Å². The van der Waals surface area contributed by atoms with E-state index in [1.165, 1.54) is 12.2 Å². The summed E-state index contributed by atoms with van der Waals surface area (Å²) < 4.78 is 12.1. The molecule has 0 bridgehead atoms. The molecule has 4 unspecified atom stereocenters. The Hall–Kier alpha value is 0.190. The number of ether oxygens (including phenoxy) is 2. The average molecular weight is 302 g/mol. The molecule has 0 saturated carbocycles. The van der Waals surface area contributed by atoms with Crippen LogP contribution in [-0.4, -0.2) is 42.5 Å². The van der Waals surface area contributed by atoms with E-state index in [4.69, 9.17) is 15.3 Å². The molecule has 4 nitrogen and oxygen atoms in total. The molecule has 2 rings (SSSR count). The molecule has 118 valence electrons. The van der Waals surface area contributed by atoms with E-state index in [0.717, 1.165) is 31.8 Å². The van der Waals surface area contributed by atoms with E-state index < -0.39 is 0 Å². The summed E-state index contributed by atoms with van der Waals surface area (Å²) in [4.78, 5) is 0. The Morgan fingerprint density at radius 3 is 2.85 bits per heavy atom. The van der Waals surface area contributed by atoms with Gasteiger partial charge in [0.15, 0.2) is 0 Å². The van der Waals surface area contributed by atoms with E-state index >= 15 is 0 Å². The number of hydrazine groups is 1. The van der Waals surface area contributed by atoms with Crippen molar-refractivity contribution in [3.63, 3.8) is 0 Å². The minimum atomic E-state index is 0.108. The van der Waals surface area contributed by atoms with Crippen molar-refractivity contribution in [2.45, 2.75) is 57.8 Å². The summed E-state index contributed by atoms with van der Waals surface area (Å²) in [6.45, 7) is 8.09. The second kappa shape index (κ2) is 7.45. The summed E-state index contributed by atoms with van der Waals surface area (Å²) in [7, 11) is 0. The van der Waals surface area contributed by atoms with Crippen LogP contribution >= 0.6 is 11.8 Å². The van der Waals surface area contributed by atoms with Crippen molar-refractivity contribution in [3.8, 4) is 0 Å². The predicted molar refractivity (Wildman–Crippen MR) is 84.7 cm³/mol. The van der Waals surface area contributed by atoms with Crippen LogP contribution in [0.5, 0.6) is 0 Å². The first-order chi connectivity index (χ1) is 9.62. The highest BCUT2D eigenvalue weighted by atomic mass is 32.2. The number of hydrogen-bond donors (Lipinski definition) is 2. The predicted octanol–water partition coefficient (Wildman–Crippen LogP) is 2.18. The van der Waals surface area contributed by atoms with Crippen molar-refractivity contribution in [1.82, 2.24) is 5.43 Å². The van der Waals surface area contributed by atoms with E-state index in [2.05, 4.69) is 26.2 Å². The van der Waals surface area contributed by atoms with Gasteiger partial charge in [0.25, 0.3) is 0 Å². The average Bonchev–Trinajstić information content (AvgIpc) is 2.86. The summed E-state index contributed by atoms with van der Waals surface area (Å²) in [6.07, 6.45) is 3.56. The maximum atomic E-state index is 6.12. The van der Waals surface area contributed by atoms with Crippen LogP contribution in [0.15, 0.2) is 0 Å². The van der Waals surface area contributed by atoms with Gasteiger partial charge in [0.1, 0.15) is 0 Å². The lowest BCUT2D eigenvalue weighted by Crippen LogP contribution is -2.55. The third kappa shape index (κ3) is 3.69. The van der Waals surface area contributed by atoms with Gasteiger partial charge in [-0.05, 0) is 43.8 Å². The Kier molecular flexibility index (Phi) is 6.17. The molecule has 0 aliphatic carbocycles. The van der Waals surface area contributed by atoms with Gasteiger partial charge in [-0.2, -0.15) is 11.8 Å². The first kappa shape index (κ1) is 16.6. The summed E-state index contributed by atoms with van der Waals surface area (Å²) in [5, 5.41) is 0. The summed E-state index contributed by atoms with van der Waals surface area (Å²) >= 11 is 2.02. The van der Waals surface area contributed by atoms with Gasteiger partial charge in [-0.25, -0.2) is 0 Å². The monoisotopic (exact) mass is 302 g/mol. The zero-order valence-electron chi connectivity index (χ0n) is 13.1. The molecular weight excluding hydrogens is 272 g/mol. The minimum absolute atomic E-state index is 0.108. The SMILES string of the molecule is CCOC(C(C)C)C(NN)C1CCOC2(CCSC2)C1. The molecule has 0 aromatic heterocycles. The Bertz CT molecular complexity index is 296. The second-order valence-corrected chi connectivity index (χ2v) is 7.55. The molecule has 2 saturated heterocycles. The Morgan fingerprint density at radius 1 is 1.50 bits per heavy atom. The first-order valence-electron chi connectivity index (χ1n) is 7.91. The highest BCUT2D eigenvalue weighted by Crippen LogP contribution is 2.42. The molecular formula is C15H30N2O2S. The highest BCUT2D eigenvalue weighted by molar-refractivity contribution is 7.99. The summed E-state index contributed by atoms with van der Waals surface area (Å²) in [5.41, 5.74) is 3.16. The van der Waals surface area contributed by atoms with Crippen LogP contribution in [0.4, 0.5) is 0 Å². The van der Waals surface area contributed by atoms with Crippen molar-refractivity contribution < 1.29 is 9.47 Å². The van der Waals surface area contributed by atoms with Gasteiger partial charge in [-0.3, -0.25) is 11.3 Å². The molecule has 3 N–H and O–H groups in total. The van der Waals surface area contributed by atoms with Gasteiger partial charge >= 0.3 is 0 Å². The number of nitrogens with one attached hydrogen (secondary N) is 1. The molecule has 2 aliphatic heterocycles. The van der Waals surface area contributed by atoms with E-state index in [1.54, 1.807) is 0 Å². The summed E-state index contributed by atoms with van der Waals surface area (Å²) in [5.74, 6) is 9.27. The van der Waals surface area contributed by atoms with Crippen molar-refractivity contribution in [2.24, 2.45) is 17.7 Å². The van der Waals surface area contributed by atoms with Gasteiger partial charge in [0.05, 0.1) is 17.7 Å². The van der Waals surface area contributed by atoms with E-state index in [9.17, 15) is 0 Å². The number of rotatable bonds is 6. The van der Waals surface area contributed by atoms with Crippen LogP contribution in [0.25, 0.3) is 0 Å². The Balaban J connectivity index is 2.05. The smallest absolute Gasteiger partial charge is 0.0783 e. The maximum Gasteiger partial charge on any atom is 0.0783 e. The van der Waals surface area contributed by atoms with Crippen LogP contribution in [0.1, 0.15) is 40.0 Å². The van der Waals surface area contributed by atoms with Gasteiger partial charge in [-0.15, -0.1) is 0 Å². The van der Waals surface area contributed by atoms with E-state index in [1.807, 2.05) is 11.8 Å². The normalized spacial score (nSPS) is 33.8. The van der Waals surface area contributed by atoms with Crippen LogP contribution in [0.2, 0.25) is 0 Å². The molecule has 0 amide bonds. The Morgan fingerprint density at radius 2 is 2.30 bits per heavy atom. The molecule has 20 heavy (non-hydrogen) atoms. The third-order valence-electron chi connectivity index (χ3n) is 4.67. The standard InChI is InChI=1S/C15H30N2O2S/c1-4-18-14(11(2)3)13(17-16)12-5-7-19-15(9-12)6-8-20-10-15/h11-14,17H,4-10,16H2,1-3H3. The first-order valence-corrected chi connectivity index (χ1v) is 9.07. The molecule has 1 spiro atoms. The molecule has 0 aromatic rings. The summed E-state index contributed by atoms with van der Waals surface area (Å²) in [6, 6.07) is 0.223. The van der Waals surface area contributed by atoms with Crippen molar-refractivity contribution >= 4 is 11.8 Å².